The van der Waals surface area contributed by atoms with Crippen molar-refractivity contribution >= 4 is 17.1 Å². The first-order valence-electron chi connectivity index (χ1n) is 9.53. The van der Waals surface area contributed by atoms with Gasteiger partial charge in [-0.05, 0) is 18.4 Å². The summed E-state index contributed by atoms with van der Waals surface area (Å²) >= 11 is 0. The molecule has 0 spiro atoms. The zero-order valence-electron chi connectivity index (χ0n) is 15.8. The molecule has 1 aliphatic carbocycles. The summed E-state index contributed by atoms with van der Waals surface area (Å²) in [5, 5.41) is 3.47. The van der Waals surface area contributed by atoms with Gasteiger partial charge in [0.05, 0.1) is 6.54 Å². The van der Waals surface area contributed by atoms with E-state index in [1.807, 2.05) is 37.4 Å². The van der Waals surface area contributed by atoms with E-state index >= 15 is 0 Å². The molecule has 1 saturated carbocycles. The van der Waals surface area contributed by atoms with E-state index in [2.05, 4.69) is 10.3 Å². The number of fused-ring (bicyclic) bond motifs is 1. The SMILES string of the molecule is Cn1c(NC2CCCCC2)nc2c1c(=O)n(Cc1ccccc1)c(=O)n2C. The molecule has 142 valence electrons. The molecule has 3 aromatic rings. The highest BCUT2D eigenvalue weighted by Crippen LogP contribution is 2.22. The van der Waals surface area contributed by atoms with Crippen molar-refractivity contribution in [2.24, 2.45) is 14.1 Å². The fourth-order valence-corrected chi connectivity index (χ4v) is 3.91. The summed E-state index contributed by atoms with van der Waals surface area (Å²) in [4.78, 5) is 30.4. The maximum Gasteiger partial charge on any atom is 0.332 e. The third kappa shape index (κ3) is 3.18. The Kier molecular flexibility index (Phi) is 4.59. The molecule has 0 bridgehead atoms. The lowest BCUT2D eigenvalue weighted by molar-refractivity contribution is 0.460. The van der Waals surface area contributed by atoms with Gasteiger partial charge in [0, 0.05) is 20.1 Å². The van der Waals surface area contributed by atoms with Crippen molar-refractivity contribution in [1.82, 2.24) is 18.7 Å². The zero-order chi connectivity index (χ0) is 19.0. The molecule has 0 unspecified atom stereocenters. The molecule has 0 saturated heterocycles. The molecule has 0 amide bonds. The molecule has 1 aromatic carbocycles. The number of imidazole rings is 1. The summed E-state index contributed by atoms with van der Waals surface area (Å²) in [6.07, 6.45) is 5.92. The minimum absolute atomic E-state index is 0.249. The first-order valence-corrected chi connectivity index (χ1v) is 9.53. The number of nitrogens with one attached hydrogen (secondary N) is 1. The number of hydrogen-bond acceptors (Lipinski definition) is 4. The lowest BCUT2D eigenvalue weighted by Gasteiger charge is -2.23. The number of anilines is 1. The quantitative estimate of drug-likeness (QED) is 0.767. The van der Waals surface area contributed by atoms with E-state index in [9.17, 15) is 9.59 Å². The molecule has 2 aromatic heterocycles. The van der Waals surface area contributed by atoms with Gasteiger partial charge in [0.15, 0.2) is 11.2 Å². The van der Waals surface area contributed by atoms with Gasteiger partial charge in [0.2, 0.25) is 5.95 Å². The van der Waals surface area contributed by atoms with Crippen LogP contribution in [-0.2, 0) is 20.6 Å². The Morgan fingerprint density at radius 3 is 2.44 bits per heavy atom. The van der Waals surface area contributed by atoms with Crippen molar-refractivity contribution in [3.63, 3.8) is 0 Å². The molecular weight excluding hydrogens is 342 g/mol. The van der Waals surface area contributed by atoms with Crippen LogP contribution in [0.5, 0.6) is 0 Å². The molecular formula is C20H25N5O2. The van der Waals surface area contributed by atoms with Gasteiger partial charge in [-0.3, -0.25) is 13.9 Å². The lowest BCUT2D eigenvalue weighted by Crippen LogP contribution is -2.39. The van der Waals surface area contributed by atoms with Crippen LogP contribution in [0.25, 0.3) is 11.2 Å². The highest BCUT2D eigenvalue weighted by Gasteiger charge is 2.21. The highest BCUT2D eigenvalue weighted by atomic mass is 16.2. The Labute approximate surface area is 157 Å². The third-order valence-corrected chi connectivity index (χ3v) is 5.48. The molecule has 1 fully saturated rings. The standard InChI is InChI=1S/C20H25N5O2/c1-23-16-17(22-19(23)21-15-11-7-4-8-12-15)24(2)20(27)25(18(16)26)13-14-9-5-3-6-10-14/h3,5-6,9-10,15H,4,7-8,11-13H2,1-2H3,(H,21,22). The van der Waals surface area contributed by atoms with Crippen LogP contribution in [-0.4, -0.2) is 24.7 Å². The van der Waals surface area contributed by atoms with Crippen LogP contribution < -0.4 is 16.6 Å². The van der Waals surface area contributed by atoms with Crippen LogP contribution in [0.1, 0.15) is 37.7 Å². The molecule has 7 heteroatoms. The molecule has 1 N–H and O–H groups in total. The molecule has 0 aliphatic heterocycles. The number of rotatable bonds is 4. The number of benzene rings is 1. The highest BCUT2D eigenvalue weighted by molar-refractivity contribution is 5.74. The third-order valence-electron chi connectivity index (χ3n) is 5.48. The summed E-state index contributed by atoms with van der Waals surface area (Å²) < 4.78 is 4.53. The summed E-state index contributed by atoms with van der Waals surface area (Å²) in [6.45, 7) is 0.249. The summed E-state index contributed by atoms with van der Waals surface area (Å²) in [5.41, 5.74) is 1.14. The Bertz CT molecular complexity index is 1070. The van der Waals surface area contributed by atoms with E-state index in [1.165, 1.54) is 28.4 Å². The second kappa shape index (κ2) is 7.06. The predicted octanol–water partition coefficient (Wildman–Crippen LogP) is 2.23. The normalized spacial score (nSPS) is 15.3. The van der Waals surface area contributed by atoms with Gasteiger partial charge in [0.25, 0.3) is 5.56 Å². The maximum atomic E-state index is 13.1. The molecule has 27 heavy (non-hydrogen) atoms. The average Bonchev–Trinajstić information content (AvgIpc) is 3.02. The fraction of sp³-hybridized carbons (Fsp3) is 0.450. The van der Waals surface area contributed by atoms with Crippen LogP contribution >= 0.6 is 0 Å². The smallest absolute Gasteiger partial charge is 0.332 e. The number of aromatic nitrogens is 4. The maximum absolute atomic E-state index is 13.1. The van der Waals surface area contributed by atoms with E-state index in [4.69, 9.17) is 0 Å². The molecule has 7 nitrogen and oxygen atoms in total. The van der Waals surface area contributed by atoms with Crippen molar-refractivity contribution in [2.45, 2.75) is 44.7 Å². The monoisotopic (exact) mass is 367 g/mol. The number of aryl methyl sites for hydroxylation is 2. The molecule has 2 heterocycles. The second-order valence-electron chi connectivity index (χ2n) is 7.36. The van der Waals surface area contributed by atoms with Crippen molar-refractivity contribution in [3.8, 4) is 0 Å². The fourth-order valence-electron chi connectivity index (χ4n) is 3.91. The first-order chi connectivity index (χ1) is 13.1. The van der Waals surface area contributed by atoms with E-state index in [1.54, 1.807) is 11.6 Å². The molecule has 0 atom stereocenters. The number of nitrogens with zero attached hydrogens (tertiary/aromatic N) is 4. The Hall–Kier alpha value is -2.83. The first kappa shape index (κ1) is 17.6. The van der Waals surface area contributed by atoms with E-state index in [-0.39, 0.29) is 17.8 Å². The van der Waals surface area contributed by atoms with E-state index in [0.717, 1.165) is 18.4 Å². The van der Waals surface area contributed by atoms with Crippen molar-refractivity contribution in [2.75, 3.05) is 5.32 Å². The summed E-state index contributed by atoms with van der Waals surface area (Å²) in [6, 6.07) is 9.92. The van der Waals surface area contributed by atoms with Crippen LogP contribution in [0.15, 0.2) is 39.9 Å². The second-order valence-corrected chi connectivity index (χ2v) is 7.36. The van der Waals surface area contributed by atoms with Crippen LogP contribution in [0.2, 0.25) is 0 Å². The van der Waals surface area contributed by atoms with Gasteiger partial charge in [-0.25, -0.2) is 4.79 Å². The van der Waals surface area contributed by atoms with Crippen LogP contribution in [0.3, 0.4) is 0 Å². The van der Waals surface area contributed by atoms with Crippen LogP contribution in [0.4, 0.5) is 5.95 Å². The Morgan fingerprint density at radius 2 is 1.74 bits per heavy atom. The Morgan fingerprint density at radius 1 is 1.04 bits per heavy atom. The Balaban J connectivity index is 1.79. The molecule has 4 rings (SSSR count). The van der Waals surface area contributed by atoms with Crippen LogP contribution in [0, 0.1) is 0 Å². The predicted molar refractivity (Wildman–Crippen MR) is 106 cm³/mol. The van der Waals surface area contributed by atoms with Crippen molar-refractivity contribution in [3.05, 3.63) is 56.7 Å². The number of hydrogen-bond donors (Lipinski definition) is 1. The van der Waals surface area contributed by atoms with Gasteiger partial charge < -0.3 is 9.88 Å². The van der Waals surface area contributed by atoms with Gasteiger partial charge in [-0.2, -0.15) is 4.98 Å². The van der Waals surface area contributed by atoms with Gasteiger partial charge in [-0.15, -0.1) is 0 Å². The molecule has 0 radical (unpaired) electrons. The minimum Gasteiger partial charge on any atom is -0.353 e. The van der Waals surface area contributed by atoms with E-state index < -0.39 is 0 Å². The minimum atomic E-state index is -0.348. The topological polar surface area (TPSA) is 73.8 Å². The molecule has 1 aliphatic rings. The zero-order valence-corrected chi connectivity index (χ0v) is 15.8. The summed E-state index contributed by atoms with van der Waals surface area (Å²) in [7, 11) is 3.50. The lowest BCUT2D eigenvalue weighted by atomic mass is 9.96. The summed E-state index contributed by atoms with van der Waals surface area (Å²) in [5.74, 6) is 0.654. The van der Waals surface area contributed by atoms with Crippen molar-refractivity contribution in [1.29, 1.82) is 0 Å². The average molecular weight is 367 g/mol. The van der Waals surface area contributed by atoms with Gasteiger partial charge in [0.1, 0.15) is 0 Å². The van der Waals surface area contributed by atoms with Gasteiger partial charge >= 0.3 is 5.69 Å². The van der Waals surface area contributed by atoms with E-state index in [0.29, 0.717) is 23.2 Å². The van der Waals surface area contributed by atoms with Crippen molar-refractivity contribution < 1.29 is 0 Å². The largest absolute Gasteiger partial charge is 0.353 e. The van der Waals surface area contributed by atoms with Gasteiger partial charge in [-0.1, -0.05) is 49.6 Å².